The van der Waals surface area contributed by atoms with E-state index in [0.717, 1.165) is 6.07 Å². The Hall–Kier alpha value is -1.20. The topological polar surface area (TPSA) is 129 Å². The zero-order valence-electron chi connectivity index (χ0n) is 12.6. The van der Waals surface area contributed by atoms with Crippen LogP contribution in [0.5, 0.6) is 0 Å². The molecular weight excluding hydrogens is 382 g/mol. The van der Waals surface area contributed by atoms with E-state index in [2.05, 4.69) is 0 Å². The van der Waals surface area contributed by atoms with Crippen LogP contribution in [0.3, 0.4) is 0 Å². The van der Waals surface area contributed by atoms with Gasteiger partial charge >= 0.3 is 5.97 Å². The molecule has 0 amide bonds. The fourth-order valence-electron chi connectivity index (χ4n) is 2.58. The average molecular weight is 398 g/mol. The van der Waals surface area contributed by atoms with Gasteiger partial charge < -0.3 is 10.2 Å². The minimum Gasteiger partial charge on any atom is -0.480 e. The highest BCUT2D eigenvalue weighted by atomic mass is 35.5. The first-order chi connectivity index (χ1) is 10.9. The monoisotopic (exact) mass is 397 g/mol. The molecule has 1 saturated heterocycles. The van der Waals surface area contributed by atoms with Crippen LogP contribution < -0.4 is 0 Å². The average Bonchev–Trinajstić information content (AvgIpc) is 2.71. The Balaban J connectivity index is 2.55. The Labute approximate surface area is 144 Å². The van der Waals surface area contributed by atoms with Gasteiger partial charge in [-0.1, -0.05) is 17.7 Å². The van der Waals surface area contributed by atoms with Gasteiger partial charge in [0.25, 0.3) is 0 Å². The van der Waals surface area contributed by atoms with Gasteiger partial charge in [-0.25, -0.2) is 16.8 Å². The molecule has 1 fully saturated rings. The third-order valence-electron chi connectivity index (χ3n) is 3.69. The molecule has 0 unspecified atom stereocenters. The summed E-state index contributed by atoms with van der Waals surface area (Å²) >= 11 is 5.82. The second-order valence-electron chi connectivity index (χ2n) is 5.57. The molecule has 24 heavy (non-hydrogen) atoms. The molecule has 1 aromatic carbocycles. The number of nitrogens with zero attached hydrogens (tertiary/aromatic N) is 1. The molecule has 0 saturated carbocycles. The van der Waals surface area contributed by atoms with Crippen molar-refractivity contribution in [2.24, 2.45) is 0 Å². The highest BCUT2D eigenvalue weighted by Gasteiger charge is 2.45. The number of aliphatic hydroxyl groups excluding tert-OH is 1. The number of carboxylic acids is 1. The third kappa shape index (κ3) is 3.89. The van der Waals surface area contributed by atoms with E-state index in [9.17, 15) is 26.7 Å². The summed E-state index contributed by atoms with van der Waals surface area (Å²) < 4.78 is 49.6. The lowest BCUT2D eigenvalue weighted by atomic mass is 10.2. The highest BCUT2D eigenvalue weighted by Crippen LogP contribution is 2.28. The number of sulfonamides is 1. The first kappa shape index (κ1) is 19.1. The third-order valence-corrected chi connectivity index (χ3v) is 7.64. The van der Waals surface area contributed by atoms with E-state index in [4.69, 9.17) is 16.7 Å². The molecule has 0 aliphatic carbocycles. The molecule has 2 N–H and O–H groups in total. The fraction of sp³-hybridized carbons (Fsp3) is 0.462. The number of aryl methyl sites for hydroxylation is 1. The molecule has 1 heterocycles. The van der Waals surface area contributed by atoms with Crippen LogP contribution in [0.25, 0.3) is 0 Å². The van der Waals surface area contributed by atoms with Crippen LogP contribution in [0.4, 0.5) is 0 Å². The molecule has 0 spiro atoms. The van der Waals surface area contributed by atoms with E-state index in [-0.39, 0.29) is 9.92 Å². The summed E-state index contributed by atoms with van der Waals surface area (Å²) in [5, 5.41) is 19.1. The number of carboxylic acid groups (broad SMARTS) is 1. The Morgan fingerprint density at radius 3 is 2.50 bits per heavy atom. The molecule has 1 aliphatic rings. The van der Waals surface area contributed by atoms with Gasteiger partial charge in [0.05, 0.1) is 28.5 Å². The Morgan fingerprint density at radius 2 is 2.00 bits per heavy atom. The largest absolute Gasteiger partial charge is 0.480 e. The van der Waals surface area contributed by atoms with Crippen molar-refractivity contribution in [2.45, 2.75) is 24.0 Å². The SMILES string of the molecule is Cc1ccc(Cl)cc1S(=O)(=O)N(CC(=O)O)[C@H]1CS(=O)(=O)C[C@H]1O. The minimum atomic E-state index is -4.37. The van der Waals surface area contributed by atoms with Crippen LogP contribution in [-0.4, -0.2) is 67.5 Å². The summed E-state index contributed by atoms with van der Waals surface area (Å²) in [4.78, 5) is 10.9. The number of carbonyl (C=O) groups is 1. The van der Waals surface area contributed by atoms with Crippen LogP contribution in [0, 0.1) is 6.92 Å². The van der Waals surface area contributed by atoms with Crippen LogP contribution in [0.2, 0.25) is 5.02 Å². The van der Waals surface area contributed by atoms with Crippen LogP contribution in [0.15, 0.2) is 23.1 Å². The van der Waals surface area contributed by atoms with E-state index in [1.54, 1.807) is 0 Å². The van der Waals surface area contributed by atoms with Crippen molar-refractivity contribution in [3.05, 3.63) is 28.8 Å². The van der Waals surface area contributed by atoms with Crippen molar-refractivity contribution in [2.75, 3.05) is 18.1 Å². The maximum absolute atomic E-state index is 12.9. The fourth-order valence-corrected chi connectivity index (χ4v) is 6.57. The van der Waals surface area contributed by atoms with Gasteiger partial charge in [-0.3, -0.25) is 4.79 Å². The summed E-state index contributed by atoms with van der Waals surface area (Å²) in [5.41, 5.74) is 0.324. The molecular formula is C13H16ClNO7S2. The summed E-state index contributed by atoms with van der Waals surface area (Å²) in [7, 11) is -8.03. The number of aliphatic hydroxyl groups is 1. The number of rotatable bonds is 5. The van der Waals surface area contributed by atoms with Gasteiger partial charge in [-0.05, 0) is 24.6 Å². The highest BCUT2D eigenvalue weighted by molar-refractivity contribution is 7.92. The Kier molecular flexibility index (Phi) is 5.26. The quantitative estimate of drug-likeness (QED) is 0.708. The molecule has 134 valence electrons. The van der Waals surface area contributed by atoms with Gasteiger partial charge in [0.15, 0.2) is 9.84 Å². The summed E-state index contributed by atoms with van der Waals surface area (Å²) in [6, 6.07) is 2.73. The molecule has 8 nitrogen and oxygen atoms in total. The summed E-state index contributed by atoms with van der Waals surface area (Å²) in [6.07, 6.45) is -1.50. The van der Waals surface area contributed by atoms with E-state index in [1.165, 1.54) is 19.1 Å². The first-order valence-corrected chi connectivity index (χ1v) is 10.5. The van der Waals surface area contributed by atoms with Crippen LogP contribution in [0.1, 0.15) is 5.56 Å². The van der Waals surface area contributed by atoms with Gasteiger partial charge in [-0.2, -0.15) is 4.31 Å². The zero-order valence-corrected chi connectivity index (χ0v) is 15.0. The number of aliphatic carboxylic acids is 1. The second-order valence-corrected chi connectivity index (χ2v) is 10.0. The van der Waals surface area contributed by atoms with Gasteiger partial charge in [0.1, 0.15) is 6.54 Å². The summed E-state index contributed by atoms with van der Waals surface area (Å²) in [5.74, 6) is -2.72. The predicted molar refractivity (Wildman–Crippen MR) is 86.2 cm³/mol. The van der Waals surface area contributed by atoms with Crippen LogP contribution >= 0.6 is 11.6 Å². The first-order valence-electron chi connectivity index (χ1n) is 6.82. The normalized spacial score (nSPS) is 23.5. The van der Waals surface area contributed by atoms with Crippen molar-refractivity contribution < 1.29 is 31.8 Å². The van der Waals surface area contributed by atoms with E-state index >= 15 is 0 Å². The van der Waals surface area contributed by atoms with Crippen molar-refractivity contribution in [1.82, 2.24) is 4.31 Å². The maximum atomic E-state index is 12.9. The molecule has 2 rings (SSSR count). The number of benzene rings is 1. The smallest absolute Gasteiger partial charge is 0.318 e. The Bertz CT molecular complexity index is 866. The molecule has 0 radical (unpaired) electrons. The molecule has 1 aromatic rings. The van der Waals surface area contributed by atoms with Crippen molar-refractivity contribution >= 4 is 37.4 Å². The Morgan fingerprint density at radius 1 is 1.38 bits per heavy atom. The molecule has 2 atom stereocenters. The predicted octanol–water partition coefficient (Wildman–Crippen LogP) is -0.118. The van der Waals surface area contributed by atoms with Crippen LogP contribution in [-0.2, 0) is 24.7 Å². The van der Waals surface area contributed by atoms with Gasteiger partial charge in [-0.15, -0.1) is 0 Å². The molecule has 1 aliphatic heterocycles. The van der Waals surface area contributed by atoms with Crippen molar-refractivity contribution in [3.63, 3.8) is 0 Å². The van der Waals surface area contributed by atoms with E-state index in [0.29, 0.717) is 9.87 Å². The number of hydrogen-bond donors (Lipinski definition) is 2. The molecule has 0 aromatic heterocycles. The van der Waals surface area contributed by atoms with Crippen molar-refractivity contribution in [1.29, 1.82) is 0 Å². The summed E-state index contributed by atoms with van der Waals surface area (Å²) in [6.45, 7) is 0.537. The van der Waals surface area contributed by atoms with Gasteiger partial charge in [0.2, 0.25) is 10.0 Å². The van der Waals surface area contributed by atoms with Gasteiger partial charge in [0, 0.05) is 5.02 Å². The van der Waals surface area contributed by atoms with E-state index in [1.807, 2.05) is 0 Å². The van der Waals surface area contributed by atoms with Crippen molar-refractivity contribution in [3.8, 4) is 0 Å². The number of halogens is 1. The number of sulfone groups is 1. The lowest BCUT2D eigenvalue weighted by molar-refractivity contribution is -0.137. The van der Waals surface area contributed by atoms with E-state index < -0.39 is 56.0 Å². The molecule has 0 bridgehead atoms. The lowest BCUT2D eigenvalue weighted by Gasteiger charge is -2.28. The molecule has 11 heteroatoms. The lowest BCUT2D eigenvalue weighted by Crippen LogP contribution is -2.49. The minimum absolute atomic E-state index is 0.133. The zero-order chi connectivity index (χ0) is 18.3. The number of hydrogen-bond acceptors (Lipinski definition) is 6. The standard InChI is InChI=1S/C13H16ClNO7S2/c1-8-2-3-9(14)4-12(8)24(21,22)15(5-13(17)18)10-6-23(19,20)7-11(10)16/h2-4,10-11,16H,5-7H2,1H3,(H,17,18)/t10-,11+/m0/s1. The second kappa shape index (κ2) is 6.60. The maximum Gasteiger partial charge on any atom is 0.318 e.